The Morgan fingerprint density at radius 1 is 0.966 bits per heavy atom. The second-order valence-corrected chi connectivity index (χ2v) is 8.10. The molecule has 0 bridgehead atoms. The van der Waals surface area contributed by atoms with Gasteiger partial charge in [-0.15, -0.1) is 0 Å². The summed E-state index contributed by atoms with van der Waals surface area (Å²) in [5.41, 5.74) is 1.45. The first kappa shape index (κ1) is 20.5. The maximum absolute atomic E-state index is 13.7. The minimum absolute atomic E-state index is 0.0110. The maximum atomic E-state index is 13.7. The minimum Gasteiger partial charge on any atom is -0.348 e. The molecule has 0 fully saturated rings. The lowest BCUT2D eigenvalue weighted by atomic mass is 10.2. The largest absolute Gasteiger partial charge is 0.348 e. The number of aryl methyl sites for hydroxylation is 1. The Morgan fingerprint density at radius 3 is 2.41 bits per heavy atom. The summed E-state index contributed by atoms with van der Waals surface area (Å²) >= 11 is 0. The molecule has 0 aliphatic heterocycles. The molecule has 2 N–H and O–H groups in total. The number of anilines is 1. The Kier molecular flexibility index (Phi) is 5.93. The van der Waals surface area contributed by atoms with Gasteiger partial charge in [-0.1, -0.05) is 23.8 Å². The molecule has 1 amide bonds. The smallest absolute Gasteiger partial charge is 0.261 e. The molecule has 0 radical (unpaired) electrons. The standard InChI is InChI=1S/C21H18F2N2O3S/c1-14-5-8-18(9-6-14)25-29(27,28)19-4-2-3-15(12-19)21(26)24-13-16-11-17(22)7-10-20(16)23/h2-12,25H,13H2,1H3,(H,24,26). The van der Waals surface area contributed by atoms with Gasteiger partial charge >= 0.3 is 0 Å². The van der Waals surface area contributed by atoms with Gasteiger partial charge in [0.1, 0.15) is 11.6 Å². The summed E-state index contributed by atoms with van der Waals surface area (Å²) in [7, 11) is -3.90. The summed E-state index contributed by atoms with van der Waals surface area (Å²) < 4.78 is 54.5. The molecule has 8 heteroatoms. The van der Waals surface area contributed by atoms with E-state index in [9.17, 15) is 22.0 Å². The fourth-order valence-electron chi connectivity index (χ4n) is 2.60. The Balaban J connectivity index is 1.75. The molecule has 3 aromatic carbocycles. The molecule has 3 aromatic rings. The summed E-state index contributed by atoms with van der Waals surface area (Å²) in [4.78, 5) is 12.3. The van der Waals surface area contributed by atoms with Crippen molar-refractivity contribution in [2.24, 2.45) is 0 Å². The zero-order chi connectivity index (χ0) is 21.0. The zero-order valence-electron chi connectivity index (χ0n) is 15.4. The number of rotatable bonds is 6. The van der Waals surface area contributed by atoms with Gasteiger partial charge in [-0.05, 0) is 55.5 Å². The first-order chi connectivity index (χ1) is 13.7. The number of carbonyl (C=O) groups is 1. The number of sulfonamides is 1. The van der Waals surface area contributed by atoms with Crippen LogP contribution >= 0.6 is 0 Å². The van der Waals surface area contributed by atoms with Crippen molar-refractivity contribution in [2.75, 3.05) is 4.72 Å². The molecule has 0 atom stereocenters. The van der Waals surface area contributed by atoms with Crippen LogP contribution in [0.3, 0.4) is 0 Å². The van der Waals surface area contributed by atoms with Crippen LogP contribution in [0.5, 0.6) is 0 Å². The highest BCUT2D eigenvalue weighted by atomic mass is 32.2. The van der Waals surface area contributed by atoms with Crippen LogP contribution < -0.4 is 10.0 Å². The summed E-state index contributed by atoms with van der Waals surface area (Å²) in [5.74, 6) is -1.88. The number of amides is 1. The average molecular weight is 416 g/mol. The van der Waals surface area contributed by atoms with Crippen LogP contribution in [0.25, 0.3) is 0 Å². The lowest BCUT2D eigenvalue weighted by Crippen LogP contribution is -2.24. The monoisotopic (exact) mass is 416 g/mol. The highest BCUT2D eigenvalue weighted by Crippen LogP contribution is 2.18. The second kappa shape index (κ2) is 8.40. The molecule has 0 saturated carbocycles. The normalized spacial score (nSPS) is 11.1. The Hall–Kier alpha value is -3.26. The molecule has 0 saturated heterocycles. The third kappa shape index (κ3) is 5.17. The minimum atomic E-state index is -3.90. The van der Waals surface area contributed by atoms with Crippen LogP contribution in [0.1, 0.15) is 21.5 Å². The van der Waals surface area contributed by atoms with E-state index in [1.807, 2.05) is 6.92 Å². The van der Waals surface area contributed by atoms with Crippen molar-refractivity contribution in [1.29, 1.82) is 0 Å². The van der Waals surface area contributed by atoms with Crippen molar-refractivity contribution < 1.29 is 22.0 Å². The van der Waals surface area contributed by atoms with Gasteiger partial charge in [0.25, 0.3) is 15.9 Å². The highest BCUT2D eigenvalue weighted by Gasteiger charge is 2.17. The van der Waals surface area contributed by atoms with E-state index in [2.05, 4.69) is 10.0 Å². The predicted molar refractivity (Wildman–Crippen MR) is 106 cm³/mol. The fraction of sp³-hybridized carbons (Fsp3) is 0.0952. The van der Waals surface area contributed by atoms with E-state index in [4.69, 9.17) is 0 Å². The van der Waals surface area contributed by atoms with Gasteiger partial charge in [0.2, 0.25) is 0 Å². The number of hydrogen-bond acceptors (Lipinski definition) is 3. The van der Waals surface area contributed by atoms with Gasteiger partial charge in [-0.25, -0.2) is 17.2 Å². The SMILES string of the molecule is Cc1ccc(NS(=O)(=O)c2cccc(C(=O)NCc3cc(F)ccc3F)c2)cc1. The third-order valence-electron chi connectivity index (χ3n) is 4.16. The van der Waals surface area contributed by atoms with E-state index in [-0.39, 0.29) is 22.6 Å². The number of benzene rings is 3. The van der Waals surface area contributed by atoms with Crippen molar-refractivity contribution >= 4 is 21.6 Å². The van der Waals surface area contributed by atoms with Crippen LogP contribution in [0.4, 0.5) is 14.5 Å². The van der Waals surface area contributed by atoms with Crippen LogP contribution in [-0.4, -0.2) is 14.3 Å². The average Bonchev–Trinajstić information content (AvgIpc) is 2.70. The molecule has 0 heterocycles. The van der Waals surface area contributed by atoms with Crippen LogP contribution in [-0.2, 0) is 16.6 Å². The summed E-state index contributed by atoms with van der Waals surface area (Å²) in [6.07, 6.45) is 0. The quantitative estimate of drug-likeness (QED) is 0.638. The van der Waals surface area contributed by atoms with Gasteiger partial charge in [-0.2, -0.15) is 0 Å². The molecule has 0 aromatic heterocycles. The Morgan fingerprint density at radius 2 is 1.69 bits per heavy atom. The summed E-state index contributed by atoms with van der Waals surface area (Å²) in [6, 6.07) is 15.2. The van der Waals surface area contributed by atoms with E-state index in [0.717, 1.165) is 23.8 Å². The van der Waals surface area contributed by atoms with E-state index in [0.29, 0.717) is 5.69 Å². The first-order valence-electron chi connectivity index (χ1n) is 8.66. The maximum Gasteiger partial charge on any atom is 0.261 e. The predicted octanol–water partition coefficient (Wildman–Crippen LogP) is 4.00. The van der Waals surface area contributed by atoms with Crippen LogP contribution in [0.2, 0.25) is 0 Å². The molecule has 0 unspecified atom stereocenters. The lowest BCUT2D eigenvalue weighted by molar-refractivity contribution is 0.0950. The summed E-state index contributed by atoms with van der Waals surface area (Å²) in [6.45, 7) is 1.65. The topological polar surface area (TPSA) is 75.3 Å². The van der Waals surface area contributed by atoms with E-state index in [1.165, 1.54) is 24.3 Å². The molecule has 0 spiro atoms. The van der Waals surface area contributed by atoms with Gasteiger partial charge in [0.05, 0.1) is 4.90 Å². The van der Waals surface area contributed by atoms with Gasteiger partial charge in [0, 0.05) is 23.4 Å². The van der Waals surface area contributed by atoms with Crippen LogP contribution in [0, 0.1) is 18.6 Å². The summed E-state index contributed by atoms with van der Waals surface area (Å²) in [5, 5.41) is 2.46. The number of nitrogens with one attached hydrogen (secondary N) is 2. The van der Waals surface area contributed by atoms with Crippen molar-refractivity contribution in [2.45, 2.75) is 18.4 Å². The van der Waals surface area contributed by atoms with Crippen molar-refractivity contribution in [3.05, 3.63) is 95.1 Å². The van der Waals surface area contributed by atoms with Gasteiger partial charge < -0.3 is 5.32 Å². The number of hydrogen-bond donors (Lipinski definition) is 2. The fourth-order valence-corrected chi connectivity index (χ4v) is 3.70. The van der Waals surface area contributed by atoms with Gasteiger partial charge in [-0.3, -0.25) is 9.52 Å². The highest BCUT2D eigenvalue weighted by molar-refractivity contribution is 7.92. The Labute approximate surface area is 167 Å². The van der Waals surface area contributed by atoms with E-state index < -0.39 is 27.6 Å². The van der Waals surface area contributed by atoms with Crippen LogP contribution in [0.15, 0.2) is 71.6 Å². The molecule has 150 valence electrons. The first-order valence-corrected chi connectivity index (χ1v) is 10.1. The molecular weight excluding hydrogens is 398 g/mol. The molecule has 29 heavy (non-hydrogen) atoms. The Bertz CT molecular complexity index is 1150. The zero-order valence-corrected chi connectivity index (χ0v) is 16.3. The van der Waals surface area contributed by atoms with Crippen molar-refractivity contribution in [3.8, 4) is 0 Å². The molecule has 5 nitrogen and oxygen atoms in total. The number of halogens is 2. The molecular formula is C21H18F2N2O3S. The molecule has 3 rings (SSSR count). The van der Waals surface area contributed by atoms with Crippen molar-refractivity contribution in [3.63, 3.8) is 0 Å². The van der Waals surface area contributed by atoms with Gasteiger partial charge in [0.15, 0.2) is 0 Å². The third-order valence-corrected chi connectivity index (χ3v) is 5.54. The second-order valence-electron chi connectivity index (χ2n) is 6.42. The van der Waals surface area contributed by atoms with E-state index >= 15 is 0 Å². The molecule has 0 aliphatic rings. The molecule has 0 aliphatic carbocycles. The lowest BCUT2D eigenvalue weighted by Gasteiger charge is -2.10. The number of carbonyl (C=O) groups excluding carboxylic acids is 1. The van der Waals surface area contributed by atoms with E-state index in [1.54, 1.807) is 24.3 Å². The van der Waals surface area contributed by atoms with Crippen molar-refractivity contribution in [1.82, 2.24) is 5.32 Å².